The van der Waals surface area contributed by atoms with Crippen molar-refractivity contribution in [3.63, 3.8) is 0 Å². The van der Waals surface area contributed by atoms with Crippen LogP contribution in [0, 0.1) is 0 Å². The summed E-state index contributed by atoms with van der Waals surface area (Å²) in [7, 11) is 1.34. The number of nitrogens with one attached hydrogen (secondary N) is 2. The van der Waals surface area contributed by atoms with Crippen molar-refractivity contribution >= 4 is 5.96 Å². The highest BCUT2D eigenvalue weighted by atomic mass is 19.4. The number of benzene rings is 1. The lowest BCUT2D eigenvalue weighted by atomic mass is 10.1. The van der Waals surface area contributed by atoms with Gasteiger partial charge in [-0.2, -0.15) is 13.2 Å². The molecule has 7 heteroatoms. The number of methoxy groups -OCH3 is 1. The van der Waals surface area contributed by atoms with Gasteiger partial charge in [-0.15, -0.1) is 0 Å². The molecule has 2 N–H and O–H groups in total. The summed E-state index contributed by atoms with van der Waals surface area (Å²) >= 11 is 0. The lowest BCUT2D eigenvalue weighted by Crippen LogP contribution is -2.40. The third-order valence-electron chi connectivity index (χ3n) is 2.97. The maximum Gasteiger partial charge on any atom is 0.416 e. The Morgan fingerprint density at radius 1 is 1.40 bits per heavy atom. The number of ether oxygens (including phenoxy) is 1. The van der Waals surface area contributed by atoms with E-state index in [-0.39, 0.29) is 17.9 Å². The Morgan fingerprint density at radius 3 is 2.80 bits per heavy atom. The van der Waals surface area contributed by atoms with E-state index in [1.807, 2.05) is 0 Å². The molecular formula is C13H16F3N3O. The fourth-order valence-electron chi connectivity index (χ4n) is 1.93. The normalized spacial score (nSPS) is 15.3. The van der Waals surface area contributed by atoms with Crippen LogP contribution in [0.3, 0.4) is 0 Å². The van der Waals surface area contributed by atoms with E-state index in [0.29, 0.717) is 12.5 Å². The number of guanidine groups is 1. The Kier molecular flexibility index (Phi) is 4.36. The Morgan fingerprint density at radius 2 is 2.20 bits per heavy atom. The Hall–Kier alpha value is -1.92. The molecule has 0 atom stereocenters. The first-order valence-electron chi connectivity index (χ1n) is 6.27. The van der Waals surface area contributed by atoms with E-state index in [1.54, 1.807) is 0 Å². The molecule has 4 nitrogen and oxygen atoms in total. The average Bonchev–Trinajstić information content (AvgIpc) is 2.45. The van der Waals surface area contributed by atoms with Crippen LogP contribution >= 0.6 is 0 Å². The number of hydrogen-bond donors (Lipinski definition) is 2. The third-order valence-corrected chi connectivity index (χ3v) is 2.97. The summed E-state index contributed by atoms with van der Waals surface area (Å²) in [5, 5.41) is 5.89. The van der Waals surface area contributed by atoms with Crippen LogP contribution in [0.5, 0.6) is 5.75 Å². The lowest BCUT2D eigenvalue weighted by Gasteiger charge is -2.18. The summed E-state index contributed by atoms with van der Waals surface area (Å²) in [4.78, 5) is 4.16. The van der Waals surface area contributed by atoms with Gasteiger partial charge in [0.25, 0.3) is 0 Å². The fourth-order valence-corrected chi connectivity index (χ4v) is 1.93. The van der Waals surface area contributed by atoms with Crippen molar-refractivity contribution < 1.29 is 17.9 Å². The van der Waals surface area contributed by atoms with Gasteiger partial charge in [-0.25, -0.2) is 0 Å². The highest BCUT2D eigenvalue weighted by Gasteiger charge is 2.33. The van der Waals surface area contributed by atoms with Gasteiger partial charge in [0, 0.05) is 19.6 Å². The Labute approximate surface area is 115 Å². The smallest absolute Gasteiger partial charge is 0.416 e. The molecule has 0 saturated carbocycles. The molecular weight excluding hydrogens is 271 g/mol. The van der Waals surface area contributed by atoms with Crippen LogP contribution in [0.4, 0.5) is 13.2 Å². The monoisotopic (exact) mass is 287 g/mol. The summed E-state index contributed by atoms with van der Waals surface area (Å²) in [6.45, 7) is 1.52. The molecule has 20 heavy (non-hydrogen) atoms. The number of rotatable bonds is 3. The molecule has 1 aromatic carbocycles. The van der Waals surface area contributed by atoms with E-state index >= 15 is 0 Å². The standard InChI is InChI=1S/C13H16F3N3O/c1-20-10-4-3-9(11(7-10)13(14,15)16)8-19-12-17-5-2-6-18-12/h3-4,7H,2,5-6,8H2,1H3,(H2,17,18,19). The van der Waals surface area contributed by atoms with Crippen LogP contribution in [0.25, 0.3) is 0 Å². The molecule has 0 spiro atoms. The minimum Gasteiger partial charge on any atom is -0.497 e. The molecule has 0 radical (unpaired) electrons. The van der Waals surface area contributed by atoms with Crippen LogP contribution in [-0.4, -0.2) is 26.2 Å². The molecule has 1 aromatic rings. The summed E-state index contributed by atoms with van der Waals surface area (Å²) < 4.78 is 43.8. The zero-order chi connectivity index (χ0) is 14.6. The molecule has 0 bridgehead atoms. The summed E-state index contributed by atoms with van der Waals surface area (Å²) in [5.74, 6) is 0.731. The van der Waals surface area contributed by atoms with Crippen LogP contribution < -0.4 is 15.4 Å². The molecule has 1 heterocycles. The highest BCUT2D eigenvalue weighted by molar-refractivity contribution is 5.80. The van der Waals surface area contributed by atoms with Gasteiger partial charge in [-0.3, -0.25) is 4.99 Å². The van der Waals surface area contributed by atoms with Crippen molar-refractivity contribution in [2.75, 3.05) is 20.2 Å². The summed E-state index contributed by atoms with van der Waals surface area (Å²) in [5.41, 5.74) is -0.533. The van der Waals surface area contributed by atoms with Crippen molar-refractivity contribution in [1.82, 2.24) is 10.6 Å². The molecule has 1 aliphatic heterocycles. The zero-order valence-electron chi connectivity index (χ0n) is 11.0. The fraction of sp³-hybridized carbons (Fsp3) is 0.462. The Bertz CT molecular complexity index is 500. The van der Waals surface area contributed by atoms with Crippen molar-refractivity contribution in [2.45, 2.75) is 19.1 Å². The van der Waals surface area contributed by atoms with E-state index < -0.39 is 11.7 Å². The maximum absolute atomic E-state index is 13.0. The average molecular weight is 287 g/mol. The van der Waals surface area contributed by atoms with Gasteiger partial charge in [0.1, 0.15) is 5.75 Å². The molecule has 2 rings (SSSR count). The molecule has 0 aliphatic carbocycles. The highest BCUT2D eigenvalue weighted by Crippen LogP contribution is 2.34. The zero-order valence-corrected chi connectivity index (χ0v) is 11.0. The minimum absolute atomic E-state index is 0.0602. The molecule has 0 amide bonds. The largest absolute Gasteiger partial charge is 0.497 e. The number of aliphatic imine (C=N–C) groups is 1. The topological polar surface area (TPSA) is 45.6 Å². The lowest BCUT2D eigenvalue weighted by molar-refractivity contribution is -0.138. The van der Waals surface area contributed by atoms with Crippen LogP contribution in [0.2, 0.25) is 0 Å². The van der Waals surface area contributed by atoms with Gasteiger partial charge in [-0.1, -0.05) is 6.07 Å². The number of alkyl halides is 3. The van der Waals surface area contributed by atoms with E-state index in [4.69, 9.17) is 4.74 Å². The molecule has 0 aromatic heterocycles. The quantitative estimate of drug-likeness (QED) is 0.895. The first-order chi connectivity index (χ1) is 9.50. The van der Waals surface area contributed by atoms with Gasteiger partial charge < -0.3 is 15.4 Å². The minimum atomic E-state index is -4.41. The first-order valence-corrected chi connectivity index (χ1v) is 6.27. The van der Waals surface area contributed by atoms with E-state index in [0.717, 1.165) is 19.0 Å². The molecule has 110 valence electrons. The van der Waals surface area contributed by atoms with E-state index in [2.05, 4.69) is 15.6 Å². The van der Waals surface area contributed by atoms with Crippen molar-refractivity contribution in [3.05, 3.63) is 29.3 Å². The second kappa shape index (κ2) is 6.02. The van der Waals surface area contributed by atoms with Gasteiger partial charge in [0.05, 0.1) is 12.7 Å². The summed E-state index contributed by atoms with van der Waals surface area (Å²) in [6.07, 6.45) is -3.48. The first kappa shape index (κ1) is 14.5. The van der Waals surface area contributed by atoms with Gasteiger partial charge in [0.2, 0.25) is 0 Å². The molecule has 1 aliphatic rings. The number of nitrogens with zero attached hydrogens (tertiary/aromatic N) is 1. The second-order valence-electron chi connectivity index (χ2n) is 4.39. The molecule has 0 unspecified atom stereocenters. The van der Waals surface area contributed by atoms with Crippen LogP contribution in [-0.2, 0) is 12.7 Å². The van der Waals surface area contributed by atoms with E-state index in [1.165, 1.54) is 19.2 Å². The Balaban J connectivity index is 2.15. The van der Waals surface area contributed by atoms with Crippen LogP contribution in [0.15, 0.2) is 23.2 Å². The summed E-state index contributed by atoms with van der Waals surface area (Å²) in [6, 6.07) is 3.94. The van der Waals surface area contributed by atoms with Crippen molar-refractivity contribution in [1.29, 1.82) is 0 Å². The molecule has 0 saturated heterocycles. The predicted molar refractivity (Wildman–Crippen MR) is 69.8 cm³/mol. The third kappa shape index (κ3) is 3.55. The maximum atomic E-state index is 13.0. The van der Waals surface area contributed by atoms with Gasteiger partial charge in [0.15, 0.2) is 5.96 Å². The van der Waals surface area contributed by atoms with Gasteiger partial charge >= 0.3 is 6.18 Å². The van der Waals surface area contributed by atoms with Crippen molar-refractivity contribution in [3.8, 4) is 5.75 Å². The number of halogens is 3. The van der Waals surface area contributed by atoms with Crippen molar-refractivity contribution in [2.24, 2.45) is 4.99 Å². The number of hydrogen-bond acceptors (Lipinski definition) is 4. The second-order valence-corrected chi connectivity index (χ2v) is 4.39. The molecule has 0 fully saturated rings. The van der Waals surface area contributed by atoms with E-state index in [9.17, 15) is 13.2 Å². The SMILES string of the molecule is COc1ccc(CNC2=NCCCN2)c(C(F)(F)F)c1. The van der Waals surface area contributed by atoms with Gasteiger partial charge in [-0.05, 0) is 24.1 Å². The van der Waals surface area contributed by atoms with Crippen LogP contribution in [0.1, 0.15) is 17.5 Å². The predicted octanol–water partition coefficient (Wildman–Crippen LogP) is 2.15.